The molecule has 1 aromatic carbocycles. The lowest BCUT2D eigenvalue weighted by Crippen LogP contribution is -2.45. The average Bonchev–Trinajstić information content (AvgIpc) is 3.37. The van der Waals surface area contributed by atoms with Crippen molar-refractivity contribution in [2.24, 2.45) is 10.9 Å². The highest BCUT2D eigenvalue weighted by Crippen LogP contribution is 2.27. The van der Waals surface area contributed by atoms with Gasteiger partial charge in [-0.2, -0.15) is 5.26 Å². The zero-order valence-electron chi connectivity index (χ0n) is 16.1. The van der Waals surface area contributed by atoms with Gasteiger partial charge in [0.2, 0.25) is 5.91 Å². The predicted molar refractivity (Wildman–Crippen MR) is 117 cm³/mol. The molecule has 1 heterocycles. The van der Waals surface area contributed by atoms with Gasteiger partial charge < -0.3 is 15.5 Å². The molecule has 1 atom stereocenters. The van der Waals surface area contributed by atoms with Crippen LogP contribution < -0.4 is 10.6 Å². The fourth-order valence-corrected chi connectivity index (χ4v) is 3.84. The molecule has 0 bridgehead atoms. The molecule has 1 unspecified atom stereocenters. The number of likely N-dealkylation sites (tertiary alicyclic amines) is 1. The maximum atomic E-state index is 14.0. The topological polar surface area (TPSA) is 80.5 Å². The molecule has 152 valence electrons. The Kier molecular flexibility index (Phi) is 8.48. The van der Waals surface area contributed by atoms with Crippen LogP contribution in [0.1, 0.15) is 43.2 Å². The van der Waals surface area contributed by atoms with E-state index >= 15 is 0 Å². The van der Waals surface area contributed by atoms with Gasteiger partial charge in [-0.15, -0.1) is 24.0 Å². The van der Waals surface area contributed by atoms with Gasteiger partial charge in [-0.1, -0.05) is 18.9 Å². The number of hydrogen-bond donors (Lipinski definition) is 2. The number of hydrogen-bond acceptors (Lipinski definition) is 3. The third kappa shape index (κ3) is 5.56. The summed E-state index contributed by atoms with van der Waals surface area (Å²) >= 11 is 0. The number of amides is 1. The number of nitrogens with zero attached hydrogens (tertiary/aromatic N) is 3. The first kappa shape index (κ1) is 22.4. The summed E-state index contributed by atoms with van der Waals surface area (Å²) in [4.78, 5) is 18.7. The molecule has 3 rings (SSSR count). The van der Waals surface area contributed by atoms with Crippen molar-refractivity contribution < 1.29 is 9.18 Å². The van der Waals surface area contributed by atoms with Crippen LogP contribution in [-0.2, 0) is 11.3 Å². The Morgan fingerprint density at radius 2 is 2.11 bits per heavy atom. The lowest BCUT2D eigenvalue weighted by Gasteiger charge is -2.21. The SMILES string of the molecule is CN=C(NCc1ccc(C#N)cc1F)NC1CCN(C(=O)C2CCCC2)C1.I. The monoisotopic (exact) mass is 499 g/mol. The van der Waals surface area contributed by atoms with Crippen LogP contribution in [0, 0.1) is 23.1 Å². The number of carbonyl (C=O) groups excluding carboxylic acids is 1. The van der Waals surface area contributed by atoms with Gasteiger partial charge in [-0.05, 0) is 31.4 Å². The second-order valence-electron chi connectivity index (χ2n) is 7.24. The first-order valence-corrected chi connectivity index (χ1v) is 9.55. The van der Waals surface area contributed by atoms with Crippen molar-refractivity contribution in [3.63, 3.8) is 0 Å². The lowest BCUT2D eigenvalue weighted by molar-refractivity contribution is -0.134. The number of aliphatic imine (C=N–C) groups is 1. The van der Waals surface area contributed by atoms with Crippen molar-refractivity contribution in [3.05, 3.63) is 35.1 Å². The van der Waals surface area contributed by atoms with Gasteiger partial charge in [0, 0.05) is 44.2 Å². The van der Waals surface area contributed by atoms with E-state index in [1.54, 1.807) is 19.2 Å². The van der Waals surface area contributed by atoms with E-state index in [-0.39, 0.29) is 42.5 Å². The van der Waals surface area contributed by atoms with E-state index in [0.717, 1.165) is 38.6 Å². The largest absolute Gasteiger partial charge is 0.352 e. The minimum atomic E-state index is -0.411. The molecule has 2 fully saturated rings. The van der Waals surface area contributed by atoms with Crippen LogP contribution >= 0.6 is 24.0 Å². The molecule has 2 N–H and O–H groups in total. The first-order valence-electron chi connectivity index (χ1n) is 9.55. The van der Waals surface area contributed by atoms with Crippen LogP contribution in [-0.4, -0.2) is 42.9 Å². The molecule has 1 amide bonds. The first-order chi connectivity index (χ1) is 13.1. The van der Waals surface area contributed by atoms with Crippen LogP contribution in [0.25, 0.3) is 0 Å². The second kappa shape index (κ2) is 10.6. The summed E-state index contributed by atoms with van der Waals surface area (Å²) in [5.74, 6) is 0.671. The van der Waals surface area contributed by atoms with Gasteiger partial charge in [0.05, 0.1) is 11.6 Å². The van der Waals surface area contributed by atoms with Gasteiger partial charge >= 0.3 is 0 Å². The van der Waals surface area contributed by atoms with Crippen LogP contribution in [0.5, 0.6) is 0 Å². The molecule has 0 aromatic heterocycles. The van der Waals surface area contributed by atoms with Crippen LogP contribution in [0.3, 0.4) is 0 Å². The maximum Gasteiger partial charge on any atom is 0.225 e. The van der Waals surface area contributed by atoms with Crippen molar-refractivity contribution in [1.82, 2.24) is 15.5 Å². The van der Waals surface area contributed by atoms with Crippen molar-refractivity contribution in [1.29, 1.82) is 5.26 Å². The van der Waals surface area contributed by atoms with Crippen LogP contribution in [0.15, 0.2) is 23.2 Å². The summed E-state index contributed by atoms with van der Waals surface area (Å²) in [6.45, 7) is 1.73. The molecule has 1 saturated heterocycles. The van der Waals surface area contributed by atoms with Gasteiger partial charge in [0.15, 0.2) is 5.96 Å². The minimum absolute atomic E-state index is 0. The second-order valence-corrected chi connectivity index (χ2v) is 7.24. The highest BCUT2D eigenvalue weighted by Gasteiger charge is 2.32. The summed E-state index contributed by atoms with van der Waals surface area (Å²) < 4.78 is 14.0. The van der Waals surface area contributed by atoms with E-state index in [4.69, 9.17) is 5.26 Å². The average molecular weight is 499 g/mol. The Morgan fingerprint density at radius 3 is 2.75 bits per heavy atom. The summed E-state index contributed by atoms with van der Waals surface area (Å²) in [7, 11) is 1.67. The summed E-state index contributed by atoms with van der Waals surface area (Å²) in [6.07, 6.45) is 5.24. The van der Waals surface area contributed by atoms with E-state index in [9.17, 15) is 9.18 Å². The van der Waals surface area contributed by atoms with Crippen molar-refractivity contribution in [2.45, 2.75) is 44.7 Å². The molecule has 0 radical (unpaired) electrons. The van der Waals surface area contributed by atoms with E-state index in [1.807, 2.05) is 11.0 Å². The fourth-order valence-electron chi connectivity index (χ4n) is 3.84. The van der Waals surface area contributed by atoms with Gasteiger partial charge in [0.1, 0.15) is 5.82 Å². The number of nitrogens with one attached hydrogen (secondary N) is 2. The van der Waals surface area contributed by atoms with Gasteiger partial charge in [0.25, 0.3) is 0 Å². The van der Waals surface area contributed by atoms with E-state index in [0.29, 0.717) is 29.5 Å². The molecule has 1 aliphatic carbocycles. The zero-order chi connectivity index (χ0) is 19.2. The van der Waals surface area contributed by atoms with Crippen LogP contribution in [0.2, 0.25) is 0 Å². The van der Waals surface area contributed by atoms with E-state index in [2.05, 4.69) is 15.6 Å². The number of nitriles is 1. The summed E-state index contributed by atoms with van der Waals surface area (Å²) in [5.41, 5.74) is 0.776. The quantitative estimate of drug-likeness (QED) is 0.380. The Hall–Kier alpha value is -1.89. The predicted octanol–water partition coefficient (Wildman–Crippen LogP) is 2.77. The lowest BCUT2D eigenvalue weighted by atomic mass is 10.1. The smallest absolute Gasteiger partial charge is 0.225 e. The third-order valence-corrected chi connectivity index (χ3v) is 5.40. The Labute approximate surface area is 182 Å². The maximum absolute atomic E-state index is 14.0. The summed E-state index contributed by atoms with van der Waals surface area (Å²) in [5, 5.41) is 15.2. The van der Waals surface area contributed by atoms with Crippen LogP contribution in [0.4, 0.5) is 4.39 Å². The van der Waals surface area contributed by atoms with E-state index in [1.165, 1.54) is 6.07 Å². The Bertz CT molecular complexity index is 757. The molecular weight excluding hydrogens is 472 g/mol. The molecule has 8 heteroatoms. The zero-order valence-corrected chi connectivity index (χ0v) is 18.4. The summed E-state index contributed by atoms with van der Waals surface area (Å²) in [6, 6.07) is 6.50. The highest BCUT2D eigenvalue weighted by molar-refractivity contribution is 14.0. The van der Waals surface area contributed by atoms with E-state index < -0.39 is 5.82 Å². The molecule has 6 nitrogen and oxygen atoms in total. The standard InChI is InChI=1S/C20H26FN5O.HI/c1-23-20(24-12-16-7-6-14(11-22)10-18(16)21)25-17-8-9-26(13-17)19(27)15-4-2-3-5-15;/h6-7,10,15,17H,2-5,8-9,12-13H2,1H3,(H2,23,24,25);1H. The van der Waals surface area contributed by atoms with Gasteiger partial charge in [-0.25, -0.2) is 4.39 Å². The Balaban J connectivity index is 0.00000280. The molecule has 2 aliphatic rings. The fraction of sp³-hybridized carbons (Fsp3) is 0.550. The number of benzene rings is 1. The third-order valence-electron chi connectivity index (χ3n) is 5.40. The molecule has 28 heavy (non-hydrogen) atoms. The number of carbonyl (C=O) groups is 1. The number of halogens is 2. The van der Waals surface area contributed by atoms with Crippen molar-refractivity contribution >= 4 is 35.8 Å². The number of guanidine groups is 1. The number of rotatable bonds is 4. The normalized spacial score (nSPS) is 19.8. The highest BCUT2D eigenvalue weighted by atomic mass is 127. The van der Waals surface area contributed by atoms with Crippen molar-refractivity contribution in [2.75, 3.05) is 20.1 Å². The molecule has 0 spiro atoms. The molecule has 1 aromatic rings. The Morgan fingerprint density at radius 1 is 1.36 bits per heavy atom. The minimum Gasteiger partial charge on any atom is -0.352 e. The molecular formula is C20H27FIN5O. The molecule has 1 aliphatic heterocycles. The van der Waals surface area contributed by atoms with Crippen molar-refractivity contribution in [3.8, 4) is 6.07 Å². The molecule has 1 saturated carbocycles. The van der Waals surface area contributed by atoms with Gasteiger partial charge in [-0.3, -0.25) is 9.79 Å².